The number of hydrogen-bond donors (Lipinski definition) is 0. The van der Waals surface area contributed by atoms with Crippen molar-refractivity contribution >= 4 is 23.6 Å². The Morgan fingerprint density at radius 3 is 2.25 bits per heavy atom. The van der Waals surface area contributed by atoms with Gasteiger partial charge in [-0.15, -0.1) is 0 Å². The molecule has 1 aromatic carbocycles. The third-order valence-corrected chi connectivity index (χ3v) is 6.86. The molecular weight excluding hydrogens is 358 g/mol. The zero-order valence-corrected chi connectivity index (χ0v) is 16.4. The molecular formula is C22H25NO5. The second-order valence-corrected chi connectivity index (χ2v) is 8.44. The lowest BCUT2D eigenvalue weighted by molar-refractivity contribution is -0.157. The van der Waals surface area contributed by atoms with Crippen LogP contribution in [0.2, 0.25) is 0 Å². The van der Waals surface area contributed by atoms with Gasteiger partial charge in [0.15, 0.2) is 12.4 Å². The van der Waals surface area contributed by atoms with E-state index in [4.69, 9.17) is 4.74 Å². The van der Waals surface area contributed by atoms with E-state index in [1.807, 2.05) is 19.9 Å². The lowest BCUT2D eigenvalue weighted by atomic mass is 9.81. The van der Waals surface area contributed by atoms with Gasteiger partial charge in [0.2, 0.25) is 11.8 Å². The topological polar surface area (TPSA) is 80.8 Å². The number of amides is 2. The monoisotopic (exact) mass is 383 g/mol. The van der Waals surface area contributed by atoms with Crippen LogP contribution in [0.25, 0.3) is 0 Å². The van der Waals surface area contributed by atoms with E-state index < -0.39 is 18.6 Å². The van der Waals surface area contributed by atoms with E-state index in [9.17, 15) is 19.2 Å². The minimum absolute atomic E-state index is 0.243. The van der Waals surface area contributed by atoms with Crippen molar-refractivity contribution in [1.82, 2.24) is 4.90 Å². The van der Waals surface area contributed by atoms with E-state index >= 15 is 0 Å². The van der Waals surface area contributed by atoms with Gasteiger partial charge in [-0.25, -0.2) is 4.79 Å². The van der Waals surface area contributed by atoms with Gasteiger partial charge in [-0.05, 0) is 69.1 Å². The maximum Gasteiger partial charge on any atom is 0.329 e. The number of esters is 1. The van der Waals surface area contributed by atoms with Crippen LogP contribution in [0.4, 0.5) is 0 Å². The van der Waals surface area contributed by atoms with Crippen molar-refractivity contribution < 1.29 is 23.9 Å². The van der Waals surface area contributed by atoms with Gasteiger partial charge in [0.05, 0.1) is 11.8 Å². The zero-order chi connectivity index (χ0) is 20.2. The SMILES string of the molecule is Cc1ccc(C(=O)COC(=O)[C@H](C)N2C(=O)[C@H]3[C@H]4CC[C@@H](C4)[C@@H]3C2=O)cc1C. The summed E-state index contributed by atoms with van der Waals surface area (Å²) in [6.45, 7) is 4.97. The Labute approximate surface area is 164 Å². The van der Waals surface area contributed by atoms with E-state index in [1.165, 1.54) is 6.92 Å². The lowest BCUT2D eigenvalue weighted by Crippen LogP contribution is -2.45. The normalized spacial score (nSPS) is 29.2. The second-order valence-electron chi connectivity index (χ2n) is 8.44. The molecule has 5 atom stereocenters. The molecule has 6 heteroatoms. The maximum absolute atomic E-state index is 12.8. The van der Waals surface area contributed by atoms with E-state index in [1.54, 1.807) is 12.1 Å². The molecule has 2 bridgehead atoms. The predicted octanol–water partition coefficient (Wildman–Crippen LogP) is 2.45. The summed E-state index contributed by atoms with van der Waals surface area (Å²) in [5.74, 6) is -1.50. The minimum atomic E-state index is -1.00. The van der Waals surface area contributed by atoms with Crippen molar-refractivity contribution in [1.29, 1.82) is 0 Å². The van der Waals surface area contributed by atoms with Gasteiger partial charge >= 0.3 is 5.97 Å². The third-order valence-electron chi connectivity index (χ3n) is 6.86. The standard InChI is InChI=1S/C22H25NO5/c1-11-4-5-14(8-12(11)2)17(24)10-28-22(27)13(3)23-20(25)18-15-6-7-16(9-15)19(18)21(23)26/h4-5,8,13,15-16,18-19H,6-7,9-10H2,1-3H3/t13-,15-,16-,18-,19-/m0/s1. The van der Waals surface area contributed by atoms with Crippen molar-refractivity contribution in [3.63, 3.8) is 0 Å². The molecule has 1 heterocycles. The lowest BCUT2D eigenvalue weighted by Gasteiger charge is -2.23. The van der Waals surface area contributed by atoms with Gasteiger partial charge in [-0.3, -0.25) is 19.3 Å². The number of carbonyl (C=O) groups excluding carboxylic acids is 4. The Morgan fingerprint density at radius 2 is 1.68 bits per heavy atom. The molecule has 0 radical (unpaired) electrons. The number of fused-ring (bicyclic) bond motifs is 5. The average molecular weight is 383 g/mol. The molecule has 3 aliphatic rings. The number of hydrogen-bond acceptors (Lipinski definition) is 5. The van der Waals surface area contributed by atoms with Crippen molar-refractivity contribution in [2.24, 2.45) is 23.7 Å². The smallest absolute Gasteiger partial charge is 0.329 e. The van der Waals surface area contributed by atoms with Crippen LogP contribution in [0.5, 0.6) is 0 Å². The molecule has 148 valence electrons. The van der Waals surface area contributed by atoms with E-state index in [2.05, 4.69) is 0 Å². The molecule has 3 fully saturated rings. The van der Waals surface area contributed by atoms with Crippen molar-refractivity contribution in [3.05, 3.63) is 34.9 Å². The summed E-state index contributed by atoms with van der Waals surface area (Å²) in [5.41, 5.74) is 2.54. The highest BCUT2D eigenvalue weighted by Gasteiger charge is 2.62. The fourth-order valence-electron chi connectivity index (χ4n) is 5.17. The van der Waals surface area contributed by atoms with Gasteiger partial charge in [0, 0.05) is 5.56 Å². The Bertz CT molecular complexity index is 848. The van der Waals surface area contributed by atoms with Gasteiger partial charge in [-0.1, -0.05) is 12.1 Å². The average Bonchev–Trinajstić information content (AvgIpc) is 3.35. The quantitative estimate of drug-likeness (QED) is 0.443. The fraction of sp³-hybridized carbons (Fsp3) is 0.545. The molecule has 28 heavy (non-hydrogen) atoms. The number of benzene rings is 1. The van der Waals surface area contributed by atoms with Crippen LogP contribution in [0, 0.1) is 37.5 Å². The number of imide groups is 1. The van der Waals surface area contributed by atoms with Crippen molar-refractivity contribution in [2.75, 3.05) is 6.61 Å². The third kappa shape index (κ3) is 2.86. The number of nitrogens with zero attached hydrogens (tertiary/aromatic N) is 1. The first kappa shape index (κ1) is 18.8. The van der Waals surface area contributed by atoms with Gasteiger partial charge in [0.1, 0.15) is 6.04 Å². The van der Waals surface area contributed by atoms with Crippen molar-refractivity contribution in [2.45, 2.75) is 46.1 Å². The summed E-state index contributed by atoms with van der Waals surface area (Å²) in [5, 5.41) is 0. The Morgan fingerprint density at radius 1 is 1.07 bits per heavy atom. The Balaban J connectivity index is 1.40. The molecule has 0 N–H and O–H groups in total. The molecule has 0 unspecified atom stereocenters. The highest BCUT2D eigenvalue weighted by molar-refractivity contribution is 6.08. The van der Waals surface area contributed by atoms with Crippen LogP contribution in [0.15, 0.2) is 18.2 Å². The van der Waals surface area contributed by atoms with Gasteiger partial charge < -0.3 is 4.74 Å². The summed E-state index contributed by atoms with van der Waals surface area (Å²) < 4.78 is 5.16. The number of Topliss-reactive ketones (excluding diaryl/α,β-unsaturated/α-hetero) is 1. The molecule has 4 rings (SSSR count). The molecule has 1 aromatic rings. The Hall–Kier alpha value is -2.50. The first-order valence-corrected chi connectivity index (χ1v) is 9.93. The summed E-state index contributed by atoms with van der Waals surface area (Å²) in [7, 11) is 0. The number of carbonyl (C=O) groups is 4. The minimum Gasteiger partial charge on any atom is -0.456 e. The van der Waals surface area contributed by atoms with E-state index in [0.717, 1.165) is 35.3 Å². The number of rotatable bonds is 5. The van der Waals surface area contributed by atoms with Crippen LogP contribution in [0.1, 0.15) is 47.7 Å². The highest BCUT2D eigenvalue weighted by atomic mass is 16.5. The molecule has 2 amide bonds. The van der Waals surface area contributed by atoms with E-state index in [-0.39, 0.29) is 41.3 Å². The molecule has 2 saturated carbocycles. The molecule has 1 aliphatic heterocycles. The summed E-state index contributed by atoms with van der Waals surface area (Å²) in [6.07, 6.45) is 2.92. The number of aryl methyl sites for hydroxylation is 2. The predicted molar refractivity (Wildman–Crippen MR) is 100 cm³/mol. The number of likely N-dealkylation sites (tertiary alicyclic amines) is 1. The highest BCUT2D eigenvalue weighted by Crippen LogP contribution is 2.56. The van der Waals surface area contributed by atoms with Gasteiger partial charge in [-0.2, -0.15) is 0 Å². The summed E-state index contributed by atoms with van der Waals surface area (Å²) in [6, 6.07) is 4.31. The van der Waals surface area contributed by atoms with Crippen LogP contribution < -0.4 is 0 Å². The second kappa shape index (κ2) is 6.83. The molecule has 0 aromatic heterocycles. The van der Waals surface area contributed by atoms with Crippen LogP contribution in [0.3, 0.4) is 0 Å². The largest absolute Gasteiger partial charge is 0.456 e. The van der Waals surface area contributed by atoms with Crippen LogP contribution in [-0.2, 0) is 19.1 Å². The first-order chi connectivity index (χ1) is 13.3. The van der Waals surface area contributed by atoms with Crippen molar-refractivity contribution in [3.8, 4) is 0 Å². The maximum atomic E-state index is 12.8. The van der Waals surface area contributed by atoms with E-state index in [0.29, 0.717) is 5.56 Å². The summed E-state index contributed by atoms with van der Waals surface area (Å²) >= 11 is 0. The van der Waals surface area contributed by atoms with Crippen LogP contribution in [-0.4, -0.2) is 41.1 Å². The molecule has 0 spiro atoms. The van der Waals surface area contributed by atoms with Gasteiger partial charge in [0.25, 0.3) is 0 Å². The summed E-state index contributed by atoms with van der Waals surface area (Å²) in [4.78, 5) is 51.4. The number of ketones is 1. The number of ether oxygens (including phenoxy) is 1. The Kier molecular flexibility index (Phi) is 4.60. The molecule has 6 nitrogen and oxygen atoms in total. The molecule has 2 aliphatic carbocycles. The molecule has 1 saturated heterocycles. The van der Waals surface area contributed by atoms with Crippen LogP contribution >= 0.6 is 0 Å². The first-order valence-electron chi connectivity index (χ1n) is 9.93. The zero-order valence-electron chi connectivity index (χ0n) is 16.4. The fourth-order valence-corrected chi connectivity index (χ4v) is 5.17.